The highest BCUT2D eigenvalue weighted by Gasteiger charge is 2.16. The molecule has 3 N–H and O–H groups in total. The lowest BCUT2D eigenvalue weighted by Crippen LogP contribution is -2.44. The van der Waals surface area contributed by atoms with Gasteiger partial charge in [-0.05, 0) is 12.8 Å². The summed E-state index contributed by atoms with van der Waals surface area (Å²) in [5, 5.41) is 2.82. The minimum atomic E-state index is -0.427. The van der Waals surface area contributed by atoms with Gasteiger partial charge in [0.1, 0.15) is 5.82 Å². The van der Waals surface area contributed by atoms with Gasteiger partial charge in [0.15, 0.2) is 0 Å². The lowest BCUT2D eigenvalue weighted by atomic mass is 10.1. The second kappa shape index (κ2) is 9.19. The van der Waals surface area contributed by atoms with Gasteiger partial charge in [-0.25, -0.2) is 4.98 Å². The van der Waals surface area contributed by atoms with Gasteiger partial charge in [-0.1, -0.05) is 13.8 Å². The average molecular weight is 297 g/mol. The Bertz CT molecular complexity index is 355. The topological polar surface area (TPSA) is 72.9 Å². The van der Waals surface area contributed by atoms with Gasteiger partial charge >= 0.3 is 0 Å². The van der Waals surface area contributed by atoms with Crippen LogP contribution in [0, 0.1) is 12.8 Å². The van der Waals surface area contributed by atoms with Crippen LogP contribution >= 0.6 is 24.8 Å². The molecular formula is C11H22Cl2N4O. The van der Waals surface area contributed by atoms with Gasteiger partial charge in [-0.15, -0.1) is 24.8 Å². The molecule has 106 valence electrons. The first-order valence-electron chi connectivity index (χ1n) is 5.53. The fraction of sp³-hybridized carbons (Fsp3) is 0.636. The number of amides is 1. The number of imidazole rings is 1. The molecule has 7 heteroatoms. The maximum atomic E-state index is 11.5. The predicted octanol–water partition coefficient (Wildman–Crippen LogP) is 1.13. The molecule has 0 saturated heterocycles. The predicted molar refractivity (Wildman–Crippen MR) is 77.3 cm³/mol. The molecule has 0 aliphatic carbocycles. The van der Waals surface area contributed by atoms with Crippen molar-refractivity contribution in [3.05, 3.63) is 18.2 Å². The molecule has 0 spiro atoms. The number of rotatable bonds is 5. The number of aryl methyl sites for hydroxylation is 1. The highest BCUT2D eigenvalue weighted by Crippen LogP contribution is 1.98. The van der Waals surface area contributed by atoms with Crippen LogP contribution in [0.3, 0.4) is 0 Å². The monoisotopic (exact) mass is 296 g/mol. The Kier molecular flexibility index (Phi) is 9.99. The third-order valence-electron chi connectivity index (χ3n) is 2.60. The molecular weight excluding hydrogens is 275 g/mol. The Balaban J connectivity index is 0. The molecule has 0 aliphatic heterocycles. The Labute approximate surface area is 120 Å². The Morgan fingerprint density at radius 3 is 2.56 bits per heavy atom. The van der Waals surface area contributed by atoms with Crippen LogP contribution < -0.4 is 11.1 Å². The van der Waals surface area contributed by atoms with Crippen LogP contribution in [0.4, 0.5) is 0 Å². The van der Waals surface area contributed by atoms with E-state index in [-0.39, 0.29) is 36.6 Å². The van der Waals surface area contributed by atoms with Crippen LogP contribution in [0.5, 0.6) is 0 Å². The highest BCUT2D eigenvalue weighted by atomic mass is 35.5. The van der Waals surface area contributed by atoms with Crippen molar-refractivity contribution in [2.75, 3.05) is 6.54 Å². The Morgan fingerprint density at radius 2 is 2.11 bits per heavy atom. The summed E-state index contributed by atoms with van der Waals surface area (Å²) < 4.78 is 1.99. The fourth-order valence-corrected chi connectivity index (χ4v) is 1.36. The molecule has 1 aromatic heterocycles. The molecule has 0 aliphatic rings. The third-order valence-corrected chi connectivity index (χ3v) is 2.60. The van der Waals surface area contributed by atoms with Gasteiger partial charge in [0.25, 0.3) is 0 Å². The number of halogens is 2. The van der Waals surface area contributed by atoms with Crippen molar-refractivity contribution in [2.45, 2.75) is 33.4 Å². The molecule has 0 bridgehead atoms. The normalized spacial score (nSPS) is 11.4. The zero-order valence-electron chi connectivity index (χ0n) is 10.9. The van der Waals surface area contributed by atoms with Gasteiger partial charge in [-0.3, -0.25) is 4.79 Å². The lowest BCUT2D eigenvalue weighted by molar-refractivity contribution is -0.123. The van der Waals surface area contributed by atoms with Crippen molar-refractivity contribution >= 4 is 30.7 Å². The molecule has 18 heavy (non-hydrogen) atoms. The maximum absolute atomic E-state index is 11.5. The van der Waals surface area contributed by atoms with E-state index in [0.29, 0.717) is 6.54 Å². The second-order valence-corrected chi connectivity index (χ2v) is 4.23. The number of nitrogens with one attached hydrogen (secondary N) is 1. The van der Waals surface area contributed by atoms with E-state index >= 15 is 0 Å². The van der Waals surface area contributed by atoms with E-state index in [1.807, 2.05) is 31.5 Å². The first-order chi connectivity index (χ1) is 7.52. The third kappa shape index (κ3) is 5.71. The summed E-state index contributed by atoms with van der Waals surface area (Å²) in [5.41, 5.74) is 5.72. The summed E-state index contributed by atoms with van der Waals surface area (Å²) in [7, 11) is 0. The minimum Gasteiger partial charge on any atom is -0.353 e. The summed E-state index contributed by atoms with van der Waals surface area (Å²) in [6.45, 7) is 7.11. The number of hydrogen-bond acceptors (Lipinski definition) is 3. The van der Waals surface area contributed by atoms with Gasteiger partial charge < -0.3 is 15.6 Å². The summed E-state index contributed by atoms with van der Waals surface area (Å²) in [4.78, 5) is 15.6. The first kappa shape index (κ1) is 19.6. The smallest absolute Gasteiger partial charge is 0.237 e. The number of carbonyl (C=O) groups is 1. The van der Waals surface area contributed by atoms with Crippen LogP contribution in [0.2, 0.25) is 0 Å². The number of hydrogen-bond donors (Lipinski definition) is 2. The summed E-state index contributed by atoms with van der Waals surface area (Å²) in [5.74, 6) is 1.02. The fourth-order valence-electron chi connectivity index (χ4n) is 1.36. The van der Waals surface area contributed by atoms with Crippen LogP contribution in [0.25, 0.3) is 0 Å². The lowest BCUT2D eigenvalue weighted by Gasteiger charge is -2.15. The van der Waals surface area contributed by atoms with E-state index in [4.69, 9.17) is 5.73 Å². The second-order valence-electron chi connectivity index (χ2n) is 4.23. The highest BCUT2D eigenvalue weighted by molar-refractivity contribution is 5.85. The molecule has 1 atom stereocenters. The van der Waals surface area contributed by atoms with Gasteiger partial charge in [0.05, 0.1) is 6.04 Å². The van der Waals surface area contributed by atoms with E-state index in [2.05, 4.69) is 10.3 Å². The van der Waals surface area contributed by atoms with Crippen LogP contribution in [0.15, 0.2) is 12.4 Å². The molecule has 0 aromatic carbocycles. The van der Waals surface area contributed by atoms with E-state index < -0.39 is 6.04 Å². The van der Waals surface area contributed by atoms with Gasteiger partial charge in [0.2, 0.25) is 5.91 Å². The summed E-state index contributed by atoms with van der Waals surface area (Å²) in [6.07, 6.45) is 3.64. The quantitative estimate of drug-likeness (QED) is 0.856. The SMILES string of the molecule is Cc1nccn1CCNC(=O)[C@H](N)C(C)C.Cl.Cl. The molecule has 1 aromatic rings. The Morgan fingerprint density at radius 1 is 1.50 bits per heavy atom. The number of carbonyl (C=O) groups excluding carboxylic acids is 1. The summed E-state index contributed by atoms with van der Waals surface area (Å²) in [6, 6.07) is -0.427. The van der Waals surface area contributed by atoms with E-state index in [1.165, 1.54) is 0 Å². The number of nitrogens with two attached hydrogens (primary N) is 1. The summed E-state index contributed by atoms with van der Waals surface area (Å²) >= 11 is 0. The molecule has 0 unspecified atom stereocenters. The molecule has 5 nitrogen and oxygen atoms in total. The molecule has 0 saturated carbocycles. The van der Waals surface area contributed by atoms with Crippen molar-refractivity contribution in [3.63, 3.8) is 0 Å². The van der Waals surface area contributed by atoms with Crippen molar-refractivity contribution in [3.8, 4) is 0 Å². The Hall–Kier alpha value is -0.780. The molecule has 1 amide bonds. The number of aromatic nitrogens is 2. The molecule has 0 radical (unpaired) electrons. The molecule has 0 fully saturated rings. The molecule has 1 heterocycles. The van der Waals surface area contributed by atoms with Crippen molar-refractivity contribution in [1.82, 2.24) is 14.9 Å². The molecule has 1 rings (SSSR count). The first-order valence-corrected chi connectivity index (χ1v) is 5.53. The van der Waals surface area contributed by atoms with Gasteiger partial charge in [0, 0.05) is 25.5 Å². The van der Waals surface area contributed by atoms with E-state index in [9.17, 15) is 4.79 Å². The largest absolute Gasteiger partial charge is 0.353 e. The zero-order valence-corrected chi connectivity index (χ0v) is 12.6. The van der Waals surface area contributed by atoms with Crippen LogP contribution in [-0.4, -0.2) is 28.0 Å². The average Bonchev–Trinajstić information content (AvgIpc) is 2.63. The van der Waals surface area contributed by atoms with E-state index in [1.54, 1.807) is 6.20 Å². The minimum absolute atomic E-state index is 0. The maximum Gasteiger partial charge on any atom is 0.237 e. The standard InChI is InChI=1S/C11H20N4O.2ClH/c1-8(2)10(12)11(16)14-5-7-15-6-4-13-9(15)3;;/h4,6,8,10H,5,7,12H2,1-3H3,(H,14,16);2*1H/t10-;;/m1../s1. The van der Waals surface area contributed by atoms with E-state index in [0.717, 1.165) is 12.4 Å². The van der Waals surface area contributed by atoms with Crippen molar-refractivity contribution in [2.24, 2.45) is 11.7 Å². The van der Waals surface area contributed by atoms with Crippen molar-refractivity contribution < 1.29 is 4.79 Å². The van der Waals surface area contributed by atoms with Crippen molar-refractivity contribution in [1.29, 1.82) is 0 Å². The zero-order chi connectivity index (χ0) is 12.1. The van der Waals surface area contributed by atoms with Crippen LogP contribution in [0.1, 0.15) is 19.7 Å². The van der Waals surface area contributed by atoms with Gasteiger partial charge in [-0.2, -0.15) is 0 Å². The number of nitrogens with zero attached hydrogens (tertiary/aromatic N) is 2. The van der Waals surface area contributed by atoms with Crippen LogP contribution in [-0.2, 0) is 11.3 Å².